The van der Waals surface area contributed by atoms with Crippen LogP contribution < -0.4 is 4.72 Å². The van der Waals surface area contributed by atoms with Gasteiger partial charge < -0.3 is 5.11 Å². The van der Waals surface area contributed by atoms with E-state index in [1.807, 2.05) is 4.72 Å². The van der Waals surface area contributed by atoms with E-state index in [1.165, 1.54) is 6.07 Å². The number of halogens is 2. The molecule has 1 aromatic carbocycles. The first-order valence-electron chi connectivity index (χ1n) is 5.47. The first kappa shape index (κ1) is 14.9. The van der Waals surface area contributed by atoms with Gasteiger partial charge in [0.25, 0.3) is 10.0 Å². The fourth-order valence-electron chi connectivity index (χ4n) is 1.51. The summed E-state index contributed by atoms with van der Waals surface area (Å²) < 4.78 is 52.1. The number of aromatic carboxylic acids is 1. The smallest absolute Gasteiger partial charge is 0.335 e. The molecule has 0 bridgehead atoms. The topological polar surface area (TPSA) is 96.4 Å². The highest BCUT2D eigenvalue weighted by Crippen LogP contribution is 2.19. The van der Waals surface area contributed by atoms with E-state index in [0.717, 1.165) is 24.4 Å². The van der Waals surface area contributed by atoms with Crippen LogP contribution in [-0.4, -0.2) is 24.5 Å². The highest BCUT2D eigenvalue weighted by molar-refractivity contribution is 7.92. The van der Waals surface area contributed by atoms with E-state index in [1.54, 1.807) is 0 Å². The lowest BCUT2D eigenvalue weighted by molar-refractivity contribution is 0.0696. The Morgan fingerprint density at radius 3 is 2.52 bits per heavy atom. The number of aromatic nitrogens is 1. The van der Waals surface area contributed by atoms with Gasteiger partial charge in [-0.05, 0) is 24.3 Å². The van der Waals surface area contributed by atoms with Crippen molar-refractivity contribution < 1.29 is 27.1 Å². The molecule has 0 radical (unpaired) electrons. The summed E-state index contributed by atoms with van der Waals surface area (Å²) in [6.07, 6.45) is 1.09. The van der Waals surface area contributed by atoms with Crippen LogP contribution in [-0.2, 0) is 10.0 Å². The summed E-state index contributed by atoms with van der Waals surface area (Å²) >= 11 is 0. The number of carboxylic acids is 1. The van der Waals surface area contributed by atoms with E-state index in [-0.39, 0.29) is 11.4 Å². The van der Waals surface area contributed by atoms with Crippen molar-refractivity contribution in [3.63, 3.8) is 0 Å². The van der Waals surface area contributed by atoms with Crippen molar-refractivity contribution >= 4 is 21.8 Å². The number of pyridine rings is 1. The lowest BCUT2D eigenvalue weighted by atomic mass is 10.3. The van der Waals surface area contributed by atoms with E-state index < -0.39 is 32.5 Å². The minimum Gasteiger partial charge on any atom is -0.478 e. The lowest BCUT2D eigenvalue weighted by Crippen LogP contribution is -2.16. The van der Waals surface area contributed by atoms with Crippen molar-refractivity contribution in [2.75, 3.05) is 4.72 Å². The maximum atomic E-state index is 13.5. The molecule has 0 saturated carbocycles. The molecule has 6 nitrogen and oxygen atoms in total. The average Bonchev–Trinajstić information content (AvgIpc) is 2.37. The van der Waals surface area contributed by atoms with Gasteiger partial charge in [0, 0.05) is 12.3 Å². The lowest BCUT2D eigenvalue weighted by Gasteiger charge is -2.08. The third-order valence-electron chi connectivity index (χ3n) is 2.43. The van der Waals surface area contributed by atoms with Gasteiger partial charge in [0.1, 0.15) is 22.3 Å². The molecule has 0 unspecified atom stereocenters. The van der Waals surface area contributed by atoms with Gasteiger partial charge in [-0.15, -0.1) is 0 Å². The number of hydrogen-bond acceptors (Lipinski definition) is 4. The summed E-state index contributed by atoms with van der Waals surface area (Å²) in [5.74, 6) is -3.75. The number of nitrogens with one attached hydrogen (secondary N) is 1. The Hall–Kier alpha value is -2.55. The minimum atomic E-state index is -4.35. The van der Waals surface area contributed by atoms with Gasteiger partial charge in [-0.1, -0.05) is 0 Å². The number of hydrogen-bond donors (Lipinski definition) is 2. The van der Waals surface area contributed by atoms with Gasteiger partial charge in [-0.2, -0.15) is 0 Å². The molecule has 0 aliphatic carbocycles. The number of nitrogens with zero attached hydrogens (tertiary/aromatic N) is 1. The minimum absolute atomic E-state index is 0.192. The van der Waals surface area contributed by atoms with Crippen molar-refractivity contribution in [2.24, 2.45) is 0 Å². The number of sulfonamides is 1. The van der Waals surface area contributed by atoms with E-state index >= 15 is 0 Å². The van der Waals surface area contributed by atoms with Crippen LogP contribution in [0.3, 0.4) is 0 Å². The molecule has 0 saturated heterocycles. The van der Waals surface area contributed by atoms with Crippen molar-refractivity contribution in [3.8, 4) is 0 Å². The zero-order valence-corrected chi connectivity index (χ0v) is 11.1. The van der Waals surface area contributed by atoms with E-state index in [4.69, 9.17) is 5.11 Å². The highest BCUT2D eigenvalue weighted by atomic mass is 32.2. The second-order valence-corrected chi connectivity index (χ2v) is 5.57. The number of carbonyl (C=O) groups is 1. The summed E-state index contributed by atoms with van der Waals surface area (Å²) in [4.78, 5) is 13.6. The van der Waals surface area contributed by atoms with Gasteiger partial charge in [-0.25, -0.2) is 27.0 Å². The molecule has 2 N–H and O–H groups in total. The molecular formula is C12H8F2N2O4S. The third-order valence-corrected chi connectivity index (χ3v) is 3.82. The first-order chi connectivity index (χ1) is 9.79. The van der Waals surface area contributed by atoms with Crippen LogP contribution >= 0.6 is 0 Å². The summed E-state index contributed by atoms with van der Waals surface area (Å²) in [7, 11) is -4.35. The molecule has 1 aromatic heterocycles. The normalized spacial score (nSPS) is 11.1. The Balaban J connectivity index is 2.37. The Morgan fingerprint density at radius 1 is 1.19 bits per heavy atom. The maximum Gasteiger partial charge on any atom is 0.335 e. The molecule has 110 valence electrons. The SMILES string of the molecule is O=C(O)c1ccnc(NS(=O)(=O)c2ccc(F)cc2F)c1. The standard InChI is InChI=1S/C12H8F2N2O4S/c13-8-1-2-10(9(14)6-8)21(19,20)16-11-5-7(12(17)18)3-4-15-11/h1-6H,(H,15,16)(H,17,18). The molecule has 21 heavy (non-hydrogen) atoms. The zero-order chi connectivity index (χ0) is 15.6. The summed E-state index contributed by atoms with van der Waals surface area (Å²) in [6.45, 7) is 0. The average molecular weight is 314 g/mol. The Morgan fingerprint density at radius 2 is 1.90 bits per heavy atom. The third kappa shape index (κ3) is 3.31. The van der Waals surface area contributed by atoms with Gasteiger partial charge in [-0.3, -0.25) is 4.72 Å². The van der Waals surface area contributed by atoms with E-state index in [0.29, 0.717) is 6.07 Å². The molecule has 0 fully saturated rings. The highest BCUT2D eigenvalue weighted by Gasteiger charge is 2.20. The number of benzene rings is 1. The van der Waals surface area contributed by atoms with Crippen LogP contribution in [0.5, 0.6) is 0 Å². The molecule has 0 aliphatic rings. The molecule has 2 aromatic rings. The molecular weight excluding hydrogens is 306 g/mol. The molecule has 0 spiro atoms. The molecule has 9 heteroatoms. The van der Waals surface area contributed by atoms with Crippen LogP contribution in [0.1, 0.15) is 10.4 Å². The quantitative estimate of drug-likeness (QED) is 0.898. The number of rotatable bonds is 4. The predicted molar refractivity (Wildman–Crippen MR) is 68.4 cm³/mol. The van der Waals surface area contributed by atoms with Gasteiger partial charge in [0.05, 0.1) is 5.56 Å². The molecule has 2 rings (SSSR count). The Bertz CT molecular complexity index is 809. The van der Waals surface area contributed by atoms with Crippen molar-refractivity contribution in [3.05, 3.63) is 53.7 Å². The largest absolute Gasteiger partial charge is 0.478 e. The Labute approximate surface area is 118 Å². The number of anilines is 1. The maximum absolute atomic E-state index is 13.5. The van der Waals surface area contributed by atoms with Crippen LogP contribution in [0.4, 0.5) is 14.6 Å². The summed E-state index contributed by atoms with van der Waals surface area (Å²) in [5, 5.41) is 8.79. The van der Waals surface area contributed by atoms with Crippen molar-refractivity contribution in [1.82, 2.24) is 4.98 Å². The second kappa shape index (κ2) is 5.44. The predicted octanol–water partition coefficient (Wildman–Crippen LogP) is 1.86. The van der Waals surface area contributed by atoms with Crippen LogP contribution in [0.25, 0.3) is 0 Å². The fourth-order valence-corrected chi connectivity index (χ4v) is 2.56. The van der Waals surface area contributed by atoms with Crippen LogP contribution in [0.15, 0.2) is 41.4 Å². The van der Waals surface area contributed by atoms with Gasteiger partial charge in [0.15, 0.2) is 0 Å². The van der Waals surface area contributed by atoms with E-state index in [9.17, 15) is 22.0 Å². The summed E-state index contributed by atoms with van der Waals surface area (Å²) in [5.41, 5.74) is -0.192. The fraction of sp³-hybridized carbons (Fsp3) is 0. The molecule has 0 atom stereocenters. The summed E-state index contributed by atoms with van der Waals surface area (Å²) in [6, 6.07) is 4.11. The molecule has 1 heterocycles. The van der Waals surface area contributed by atoms with E-state index in [2.05, 4.69) is 4.98 Å². The van der Waals surface area contributed by atoms with Crippen LogP contribution in [0.2, 0.25) is 0 Å². The monoisotopic (exact) mass is 314 g/mol. The first-order valence-corrected chi connectivity index (χ1v) is 6.95. The van der Waals surface area contributed by atoms with Crippen LogP contribution in [0, 0.1) is 11.6 Å². The molecule has 0 amide bonds. The van der Waals surface area contributed by atoms with Crippen molar-refractivity contribution in [1.29, 1.82) is 0 Å². The zero-order valence-electron chi connectivity index (χ0n) is 10.2. The second-order valence-electron chi connectivity index (χ2n) is 3.92. The van der Waals surface area contributed by atoms with Gasteiger partial charge in [0.2, 0.25) is 0 Å². The molecule has 0 aliphatic heterocycles. The number of carboxylic acid groups (broad SMARTS) is 1. The Kier molecular flexibility index (Phi) is 3.85. The van der Waals surface area contributed by atoms with Crippen molar-refractivity contribution in [2.45, 2.75) is 4.90 Å². The van der Waals surface area contributed by atoms with Gasteiger partial charge >= 0.3 is 5.97 Å².